The Kier molecular flexibility index (Phi) is 3.71. The van der Waals surface area contributed by atoms with Crippen LogP contribution in [-0.2, 0) is 4.74 Å². The monoisotopic (exact) mass is 238 g/mol. The molecule has 1 saturated carbocycles. The number of ether oxygens (including phenoxy) is 1. The summed E-state index contributed by atoms with van der Waals surface area (Å²) in [4.78, 5) is 0. The van der Waals surface area contributed by atoms with E-state index in [-0.39, 0.29) is 29.8 Å². The van der Waals surface area contributed by atoms with Gasteiger partial charge in [0.2, 0.25) is 0 Å². The summed E-state index contributed by atoms with van der Waals surface area (Å²) in [5.74, 6) is 0.293. The minimum atomic E-state index is -0.686. The van der Waals surface area contributed by atoms with Crippen molar-refractivity contribution in [3.8, 4) is 0 Å². The fourth-order valence-electron chi connectivity index (χ4n) is 3.20. The van der Waals surface area contributed by atoms with Gasteiger partial charge in [0.05, 0.1) is 18.3 Å². The second-order valence-corrected chi connectivity index (χ2v) is 5.32. The molecule has 96 valence electrons. The molecule has 0 aromatic carbocycles. The predicted octanol–water partition coefficient (Wildman–Crippen LogP) is 1.37. The highest BCUT2D eigenvalue weighted by molar-refractivity contribution is 5.17. The first-order valence-corrected chi connectivity index (χ1v) is 6.32. The third kappa shape index (κ3) is 2.07. The summed E-state index contributed by atoms with van der Waals surface area (Å²) in [5, 5.41) is 20.4. The third-order valence-electron chi connectivity index (χ3n) is 4.45. The van der Waals surface area contributed by atoms with Crippen LogP contribution >= 0.6 is 0 Å². The van der Waals surface area contributed by atoms with E-state index in [1.807, 2.05) is 26.0 Å². The van der Waals surface area contributed by atoms with Gasteiger partial charge in [0.25, 0.3) is 0 Å². The second kappa shape index (κ2) is 4.92. The lowest BCUT2D eigenvalue weighted by molar-refractivity contribution is -0.0405. The first-order valence-electron chi connectivity index (χ1n) is 6.32. The fourth-order valence-corrected chi connectivity index (χ4v) is 3.20. The first kappa shape index (κ1) is 12.8. The second-order valence-electron chi connectivity index (χ2n) is 5.32. The molecule has 0 aromatic heterocycles. The van der Waals surface area contributed by atoms with Crippen molar-refractivity contribution in [3.05, 3.63) is 24.3 Å². The van der Waals surface area contributed by atoms with Gasteiger partial charge in [0.1, 0.15) is 0 Å². The SMILES string of the molecule is COC1[C@H]2C=CC=C[C@@H]1[C@H](C)[C@@H](O)[C@@H](O)[C@@H]2C. The Morgan fingerprint density at radius 1 is 0.882 bits per heavy atom. The molecule has 2 rings (SSSR count). The van der Waals surface area contributed by atoms with Crippen LogP contribution in [-0.4, -0.2) is 35.6 Å². The topological polar surface area (TPSA) is 49.7 Å². The fraction of sp³-hybridized carbons (Fsp3) is 0.714. The highest BCUT2D eigenvalue weighted by Gasteiger charge is 2.45. The van der Waals surface area contributed by atoms with Crippen LogP contribution in [0, 0.1) is 23.7 Å². The highest BCUT2D eigenvalue weighted by Crippen LogP contribution is 2.40. The van der Waals surface area contributed by atoms with Gasteiger partial charge in [-0.05, 0) is 11.8 Å². The van der Waals surface area contributed by atoms with Crippen LogP contribution in [0.4, 0.5) is 0 Å². The molecule has 0 heterocycles. The van der Waals surface area contributed by atoms with Gasteiger partial charge in [-0.15, -0.1) is 0 Å². The third-order valence-corrected chi connectivity index (χ3v) is 4.45. The Balaban J connectivity index is 2.42. The number of methoxy groups -OCH3 is 1. The minimum absolute atomic E-state index is 0.00134. The molecule has 1 fully saturated rings. The van der Waals surface area contributed by atoms with Crippen molar-refractivity contribution in [2.24, 2.45) is 23.7 Å². The van der Waals surface area contributed by atoms with Crippen molar-refractivity contribution >= 4 is 0 Å². The van der Waals surface area contributed by atoms with Crippen LogP contribution in [0.2, 0.25) is 0 Å². The van der Waals surface area contributed by atoms with Crippen LogP contribution < -0.4 is 0 Å². The van der Waals surface area contributed by atoms with Gasteiger partial charge in [-0.2, -0.15) is 0 Å². The molecule has 1 unspecified atom stereocenters. The number of hydrogen-bond acceptors (Lipinski definition) is 3. The molecule has 2 aliphatic rings. The standard InChI is InChI=1S/C14H22O3/c1-8-10-6-4-5-7-11(14(10)17-3)9(2)13(16)12(8)15/h4-16H,1-3H3/t8-,9+,10+,11-,12+,13-,14?. The number of allylic oxidation sites excluding steroid dienone is 2. The van der Waals surface area contributed by atoms with E-state index in [0.717, 1.165) is 0 Å². The molecule has 3 heteroatoms. The lowest BCUT2D eigenvalue weighted by Gasteiger charge is -2.31. The quantitative estimate of drug-likeness (QED) is 0.725. The van der Waals surface area contributed by atoms with E-state index < -0.39 is 12.2 Å². The Morgan fingerprint density at radius 2 is 1.29 bits per heavy atom. The Hall–Kier alpha value is -0.640. The van der Waals surface area contributed by atoms with Gasteiger partial charge in [0.15, 0.2) is 0 Å². The van der Waals surface area contributed by atoms with E-state index in [2.05, 4.69) is 12.2 Å². The van der Waals surface area contributed by atoms with Crippen molar-refractivity contribution in [2.45, 2.75) is 32.2 Å². The molecule has 0 aromatic rings. The smallest absolute Gasteiger partial charge is 0.0834 e. The van der Waals surface area contributed by atoms with E-state index in [0.29, 0.717) is 0 Å². The molecule has 0 radical (unpaired) electrons. The van der Waals surface area contributed by atoms with Crippen LogP contribution in [0.5, 0.6) is 0 Å². The molecule has 0 amide bonds. The van der Waals surface area contributed by atoms with E-state index in [4.69, 9.17) is 4.74 Å². The van der Waals surface area contributed by atoms with Crippen molar-refractivity contribution in [3.63, 3.8) is 0 Å². The zero-order valence-corrected chi connectivity index (χ0v) is 10.7. The maximum atomic E-state index is 10.2. The van der Waals surface area contributed by atoms with Crippen molar-refractivity contribution in [1.82, 2.24) is 0 Å². The lowest BCUT2D eigenvalue weighted by atomic mass is 9.82. The summed E-state index contributed by atoms with van der Waals surface area (Å²) in [5.41, 5.74) is 0. The lowest BCUT2D eigenvalue weighted by Crippen LogP contribution is -2.37. The molecule has 2 aliphatic carbocycles. The summed E-state index contributed by atoms with van der Waals surface area (Å²) in [7, 11) is 1.71. The Bertz CT molecular complexity index is 293. The van der Waals surface area contributed by atoms with Gasteiger partial charge >= 0.3 is 0 Å². The average molecular weight is 238 g/mol. The Morgan fingerprint density at radius 3 is 1.65 bits per heavy atom. The number of aliphatic hydroxyl groups excluding tert-OH is 2. The van der Waals surface area contributed by atoms with Crippen LogP contribution in [0.3, 0.4) is 0 Å². The number of aliphatic hydroxyl groups is 2. The van der Waals surface area contributed by atoms with E-state index in [9.17, 15) is 10.2 Å². The van der Waals surface area contributed by atoms with E-state index in [1.54, 1.807) is 7.11 Å². The van der Waals surface area contributed by atoms with Crippen molar-refractivity contribution in [1.29, 1.82) is 0 Å². The summed E-state index contributed by atoms with van der Waals surface area (Å²) in [6, 6.07) is 0. The minimum Gasteiger partial charge on any atom is -0.390 e. The molecule has 2 bridgehead atoms. The van der Waals surface area contributed by atoms with Crippen molar-refractivity contribution in [2.75, 3.05) is 7.11 Å². The van der Waals surface area contributed by atoms with E-state index >= 15 is 0 Å². The maximum Gasteiger partial charge on any atom is 0.0834 e. The summed E-state index contributed by atoms with van der Waals surface area (Å²) >= 11 is 0. The van der Waals surface area contributed by atoms with Gasteiger partial charge in [-0.25, -0.2) is 0 Å². The molecular formula is C14H22O3. The summed E-state index contributed by atoms with van der Waals surface area (Å²) in [6.45, 7) is 3.96. The molecule has 17 heavy (non-hydrogen) atoms. The largest absolute Gasteiger partial charge is 0.390 e. The van der Waals surface area contributed by atoms with Crippen molar-refractivity contribution < 1.29 is 14.9 Å². The number of fused-ring (bicyclic) bond motifs is 2. The molecule has 3 nitrogen and oxygen atoms in total. The highest BCUT2D eigenvalue weighted by atomic mass is 16.5. The number of rotatable bonds is 1. The molecule has 0 aliphatic heterocycles. The molecule has 2 N–H and O–H groups in total. The van der Waals surface area contributed by atoms with Gasteiger partial charge in [-0.1, -0.05) is 38.2 Å². The first-order chi connectivity index (χ1) is 8.07. The maximum absolute atomic E-state index is 10.2. The predicted molar refractivity (Wildman–Crippen MR) is 66.4 cm³/mol. The molecule has 7 atom stereocenters. The molecular weight excluding hydrogens is 216 g/mol. The zero-order chi connectivity index (χ0) is 12.6. The Labute approximate surface area is 103 Å². The summed E-state index contributed by atoms with van der Waals surface area (Å²) < 4.78 is 5.63. The van der Waals surface area contributed by atoms with E-state index in [1.165, 1.54) is 0 Å². The zero-order valence-electron chi connectivity index (χ0n) is 10.7. The van der Waals surface area contributed by atoms with Gasteiger partial charge in [0, 0.05) is 18.9 Å². The van der Waals surface area contributed by atoms with Crippen LogP contribution in [0.25, 0.3) is 0 Å². The van der Waals surface area contributed by atoms with Gasteiger partial charge < -0.3 is 14.9 Å². The number of hydrogen-bond donors (Lipinski definition) is 2. The molecule has 0 saturated heterocycles. The normalized spacial score (nSPS) is 49.8. The van der Waals surface area contributed by atoms with Crippen LogP contribution in [0.15, 0.2) is 24.3 Å². The molecule has 0 spiro atoms. The summed E-state index contributed by atoms with van der Waals surface area (Å²) in [6.07, 6.45) is 6.87. The van der Waals surface area contributed by atoms with Crippen LogP contribution in [0.1, 0.15) is 13.8 Å². The average Bonchev–Trinajstić information content (AvgIpc) is 2.58. The van der Waals surface area contributed by atoms with Gasteiger partial charge in [-0.3, -0.25) is 0 Å².